The zero-order valence-corrected chi connectivity index (χ0v) is 17.4. The molecule has 2 aromatic carbocycles. The number of hydrogen-bond donors (Lipinski definition) is 1. The van der Waals surface area contributed by atoms with Crippen molar-refractivity contribution in [1.29, 1.82) is 0 Å². The molecule has 1 N–H and O–H groups in total. The van der Waals surface area contributed by atoms with Gasteiger partial charge in [-0.2, -0.15) is 11.8 Å². The second-order valence-corrected chi connectivity index (χ2v) is 8.95. The van der Waals surface area contributed by atoms with Crippen molar-refractivity contribution in [3.63, 3.8) is 0 Å². The highest BCUT2D eigenvalue weighted by Crippen LogP contribution is 2.28. The van der Waals surface area contributed by atoms with Gasteiger partial charge in [-0.15, -0.1) is 11.8 Å². The third-order valence-corrected chi connectivity index (χ3v) is 6.36. The molecule has 1 atom stereocenters. The van der Waals surface area contributed by atoms with E-state index >= 15 is 0 Å². The second-order valence-electron chi connectivity index (χ2n) is 5.62. The highest BCUT2D eigenvalue weighted by Gasteiger charge is 2.13. The standard InChI is InChI=1S/C19H21Cl2NOS2/c1-13-6-8-15(9-7-13)25-14(2)19(23)22-10-11-24-12-16-17(20)4-3-5-18(16)21/h3-9,14H,10-12H2,1-2H3,(H,22,23)/t14-/m0/s1. The first-order valence-corrected chi connectivity index (χ1v) is 10.8. The molecule has 0 spiro atoms. The number of benzene rings is 2. The van der Waals surface area contributed by atoms with Crippen LogP contribution in [0, 0.1) is 6.92 Å². The molecule has 6 heteroatoms. The van der Waals surface area contributed by atoms with Crippen LogP contribution >= 0.6 is 46.7 Å². The summed E-state index contributed by atoms with van der Waals surface area (Å²) >= 11 is 15.6. The minimum absolute atomic E-state index is 0.0574. The molecule has 25 heavy (non-hydrogen) atoms. The van der Waals surface area contributed by atoms with Crippen molar-refractivity contribution in [3.05, 3.63) is 63.6 Å². The maximum atomic E-state index is 12.2. The average Bonchev–Trinajstić information content (AvgIpc) is 2.58. The quantitative estimate of drug-likeness (QED) is 0.435. The van der Waals surface area contributed by atoms with Gasteiger partial charge in [-0.3, -0.25) is 4.79 Å². The van der Waals surface area contributed by atoms with Crippen LogP contribution in [0.2, 0.25) is 10.0 Å². The topological polar surface area (TPSA) is 29.1 Å². The number of halogens is 2. The summed E-state index contributed by atoms with van der Waals surface area (Å²) in [7, 11) is 0. The van der Waals surface area contributed by atoms with E-state index in [1.54, 1.807) is 23.5 Å². The molecule has 0 aliphatic carbocycles. The van der Waals surface area contributed by atoms with Gasteiger partial charge < -0.3 is 5.32 Å². The minimum atomic E-state index is -0.120. The van der Waals surface area contributed by atoms with Crippen LogP contribution in [0.15, 0.2) is 47.4 Å². The molecule has 0 unspecified atom stereocenters. The molecule has 2 aromatic rings. The molecule has 2 rings (SSSR count). The summed E-state index contributed by atoms with van der Waals surface area (Å²) in [5.41, 5.74) is 2.17. The lowest BCUT2D eigenvalue weighted by atomic mass is 10.2. The monoisotopic (exact) mass is 413 g/mol. The van der Waals surface area contributed by atoms with Crippen molar-refractivity contribution in [2.45, 2.75) is 29.7 Å². The van der Waals surface area contributed by atoms with Crippen LogP contribution in [0.3, 0.4) is 0 Å². The van der Waals surface area contributed by atoms with Crippen molar-refractivity contribution in [2.75, 3.05) is 12.3 Å². The average molecular weight is 414 g/mol. The highest BCUT2D eigenvalue weighted by atomic mass is 35.5. The van der Waals surface area contributed by atoms with Crippen molar-refractivity contribution >= 4 is 52.6 Å². The summed E-state index contributed by atoms with van der Waals surface area (Å²) in [5.74, 6) is 1.61. The van der Waals surface area contributed by atoms with Crippen LogP contribution in [0.1, 0.15) is 18.1 Å². The van der Waals surface area contributed by atoms with Gasteiger partial charge in [0.05, 0.1) is 5.25 Å². The summed E-state index contributed by atoms with van der Waals surface area (Å²) in [4.78, 5) is 13.3. The van der Waals surface area contributed by atoms with Crippen molar-refractivity contribution in [2.24, 2.45) is 0 Å². The maximum Gasteiger partial charge on any atom is 0.233 e. The van der Waals surface area contributed by atoms with E-state index in [0.717, 1.165) is 22.0 Å². The molecule has 0 heterocycles. The van der Waals surface area contributed by atoms with Crippen LogP contribution in [0.25, 0.3) is 0 Å². The fourth-order valence-corrected chi connectivity index (χ4v) is 4.60. The third kappa shape index (κ3) is 6.78. The molecule has 0 aliphatic rings. The number of thioether (sulfide) groups is 2. The third-order valence-electron chi connectivity index (χ3n) is 3.56. The van der Waals surface area contributed by atoms with E-state index < -0.39 is 0 Å². The predicted molar refractivity (Wildman–Crippen MR) is 112 cm³/mol. The lowest BCUT2D eigenvalue weighted by molar-refractivity contribution is -0.120. The Morgan fingerprint density at radius 1 is 1.12 bits per heavy atom. The van der Waals surface area contributed by atoms with Crippen LogP contribution in [0.4, 0.5) is 0 Å². The molecular formula is C19H21Cl2NOS2. The van der Waals surface area contributed by atoms with E-state index in [1.807, 2.05) is 37.3 Å². The first-order chi connectivity index (χ1) is 12.0. The Kier molecular flexibility index (Phi) is 8.50. The van der Waals surface area contributed by atoms with Gasteiger partial charge in [0.1, 0.15) is 0 Å². The zero-order valence-electron chi connectivity index (χ0n) is 14.2. The van der Waals surface area contributed by atoms with Crippen molar-refractivity contribution in [1.82, 2.24) is 5.32 Å². The van der Waals surface area contributed by atoms with Gasteiger partial charge in [0.15, 0.2) is 0 Å². The summed E-state index contributed by atoms with van der Waals surface area (Å²) in [6, 6.07) is 13.7. The largest absolute Gasteiger partial charge is 0.354 e. The lowest BCUT2D eigenvalue weighted by Crippen LogP contribution is -2.32. The van der Waals surface area contributed by atoms with Gasteiger partial charge in [-0.1, -0.05) is 47.0 Å². The minimum Gasteiger partial charge on any atom is -0.354 e. The number of carbonyl (C=O) groups is 1. The molecule has 0 aliphatic heterocycles. The normalized spacial score (nSPS) is 12.0. The fraction of sp³-hybridized carbons (Fsp3) is 0.316. The molecule has 0 saturated heterocycles. The number of amides is 1. The van der Waals surface area contributed by atoms with Gasteiger partial charge in [-0.25, -0.2) is 0 Å². The van der Waals surface area contributed by atoms with Crippen molar-refractivity contribution < 1.29 is 4.79 Å². The predicted octanol–water partition coefficient (Wildman–Crippen LogP) is 5.83. The Morgan fingerprint density at radius 3 is 2.40 bits per heavy atom. The number of carbonyl (C=O) groups excluding carboxylic acids is 1. The first kappa shape index (κ1) is 20.5. The van der Waals surface area contributed by atoms with Crippen LogP contribution < -0.4 is 5.32 Å². The molecule has 134 valence electrons. The summed E-state index contributed by atoms with van der Waals surface area (Å²) in [6.45, 7) is 4.61. The van der Waals surface area contributed by atoms with Gasteiger partial charge in [0.2, 0.25) is 5.91 Å². The molecule has 2 nitrogen and oxygen atoms in total. The van der Waals surface area contributed by atoms with Crippen LogP contribution in [-0.4, -0.2) is 23.5 Å². The van der Waals surface area contributed by atoms with Crippen LogP contribution in [-0.2, 0) is 10.5 Å². The van der Waals surface area contributed by atoms with Gasteiger partial charge in [0, 0.05) is 33.0 Å². The second kappa shape index (κ2) is 10.4. The number of rotatable bonds is 8. The van der Waals surface area contributed by atoms with E-state index in [2.05, 4.69) is 24.4 Å². The molecule has 0 aromatic heterocycles. The van der Waals surface area contributed by atoms with Crippen LogP contribution in [0.5, 0.6) is 0 Å². The lowest BCUT2D eigenvalue weighted by Gasteiger charge is -2.12. The molecule has 0 fully saturated rings. The number of hydrogen-bond acceptors (Lipinski definition) is 3. The van der Waals surface area contributed by atoms with Crippen molar-refractivity contribution in [3.8, 4) is 0 Å². The Hall–Kier alpha value is -0.810. The number of nitrogens with one attached hydrogen (secondary N) is 1. The first-order valence-electron chi connectivity index (χ1n) is 7.99. The van der Waals surface area contributed by atoms with Gasteiger partial charge in [-0.05, 0) is 43.7 Å². The smallest absolute Gasteiger partial charge is 0.233 e. The van der Waals surface area contributed by atoms with E-state index in [9.17, 15) is 4.79 Å². The Balaban J connectivity index is 1.68. The molecular weight excluding hydrogens is 393 g/mol. The highest BCUT2D eigenvalue weighted by molar-refractivity contribution is 8.00. The van der Waals surface area contributed by atoms with E-state index in [4.69, 9.17) is 23.2 Å². The summed E-state index contributed by atoms with van der Waals surface area (Å²) < 4.78 is 0. The fourth-order valence-electron chi connectivity index (χ4n) is 2.11. The molecule has 1 amide bonds. The molecule has 0 radical (unpaired) electrons. The molecule has 0 saturated carbocycles. The summed E-state index contributed by atoms with van der Waals surface area (Å²) in [6.07, 6.45) is 0. The van der Waals surface area contributed by atoms with Gasteiger partial charge >= 0.3 is 0 Å². The van der Waals surface area contributed by atoms with E-state index in [1.165, 1.54) is 5.56 Å². The SMILES string of the molecule is Cc1ccc(S[C@@H](C)C(=O)NCCSCc2c(Cl)cccc2Cl)cc1. The maximum absolute atomic E-state index is 12.2. The van der Waals surface area contributed by atoms with E-state index in [0.29, 0.717) is 16.6 Å². The van der Waals surface area contributed by atoms with E-state index in [-0.39, 0.29) is 11.2 Å². The molecule has 0 bridgehead atoms. The Morgan fingerprint density at radius 2 is 1.76 bits per heavy atom. The zero-order chi connectivity index (χ0) is 18.2. The number of aryl methyl sites for hydroxylation is 1. The Bertz CT molecular complexity index is 687. The Labute approximate surface area is 168 Å². The summed E-state index contributed by atoms with van der Waals surface area (Å²) in [5, 5.41) is 4.24. The van der Waals surface area contributed by atoms with Gasteiger partial charge in [0.25, 0.3) is 0 Å².